The van der Waals surface area contributed by atoms with Gasteiger partial charge in [-0.25, -0.2) is 4.98 Å². The Kier molecular flexibility index (Phi) is 4.90. The second kappa shape index (κ2) is 7.27. The van der Waals surface area contributed by atoms with Crippen LogP contribution in [0.15, 0.2) is 40.4 Å². The molecule has 0 aliphatic rings. The first kappa shape index (κ1) is 16.8. The zero-order valence-corrected chi connectivity index (χ0v) is 14.5. The number of carbonyl (C=O) groups is 2. The topological polar surface area (TPSA) is 97.1 Å². The first-order valence-electron chi connectivity index (χ1n) is 7.55. The number of hydrogen-bond donors (Lipinski definition) is 2. The van der Waals surface area contributed by atoms with E-state index in [-0.39, 0.29) is 18.2 Å². The number of carbonyl (C=O) groups excluding carboxylic acids is 2. The molecule has 0 saturated carbocycles. The van der Waals surface area contributed by atoms with Crippen molar-refractivity contribution in [2.75, 3.05) is 10.6 Å². The Morgan fingerprint density at radius 3 is 2.52 bits per heavy atom. The lowest BCUT2D eigenvalue weighted by molar-refractivity contribution is -0.115. The molecule has 0 spiro atoms. The molecule has 3 aromatic rings. The van der Waals surface area contributed by atoms with Crippen LogP contribution in [0.25, 0.3) is 0 Å². The van der Waals surface area contributed by atoms with Crippen molar-refractivity contribution in [1.29, 1.82) is 0 Å². The Morgan fingerprint density at radius 1 is 1.16 bits per heavy atom. The minimum absolute atomic E-state index is 0.172. The van der Waals surface area contributed by atoms with Gasteiger partial charge in [-0.3, -0.25) is 14.9 Å². The van der Waals surface area contributed by atoms with Crippen LogP contribution in [-0.4, -0.2) is 22.0 Å². The van der Waals surface area contributed by atoms with Gasteiger partial charge in [0, 0.05) is 28.4 Å². The molecule has 25 heavy (non-hydrogen) atoms. The normalized spacial score (nSPS) is 10.5. The van der Waals surface area contributed by atoms with Gasteiger partial charge in [-0.05, 0) is 38.1 Å². The number of nitrogens with zero attached hydrogens (tertiary/aromatic N) is 2. The summed E-state index contributed by atoms with van der Waals surface area (Å²) < 4.78 is 5.05. The third-order valence-corrected chi connectivity index (χ3v) is 4.29. The van der Waals surface area contributed by atoms with Gasteiger partial charge in [0.2, 0.25) is 5.91 Å². The van der Waals surface area contributed by atoms with Crippen LogP contribution in [0.5, 0.6) is 0 Å². The number of nitrogens with one attached hydrogen (secondary N) is 2. The van der Waals surface area contributed by atoms with E-state index in [1.807, 2.05) is 0 Å². The van der Waals surface area contributed by atoms with Gasteiger partial charge >= 0.3 is 0 Å². The maximum Gasteiger partial charge on any atom is 0.257 e. The van der Waals surface area contributed by atoms with Crippen LogP contribution >= 0.6 is 11.3 Å². The van der Waals surface area contributed by atoms with Crippen LogP contribution in [0.2, 0.25) is 0 Å². The maximum atomic E-state index is 12.1. The lowest BCUT2D eigenvalue weighted by atomic mass is 10.1. The Hall–Kier alpha value is -3.00. The monoisotopic (exact) mass is 356 g/mol. The largest absolute Gasteiger partial charge is 0.361 e. The van der Waals surface area contributed by atoms with E-state index in [0.29, 0.717) is 27.8 Å². The number of rotatable bonds is 5. The van der Waals surface area contributed by atoms with E-state index in [9.17, 15) is 9.59 Å². The van der Waals surface area contributed by atoms with Gasteiger partial charge in [-0.15, -0.1) is 11.3 Å². The summed E-state index contributed by atoms with van der Waals surface area (Å²) in [5.41, 5.74) is 2.60. The summed E-state index contributed by atoms with van der Waals surface area (Å²) in [5.74, 6) is 0.222. The van der Waals surface area contributed by atoms with Crippen molar-refractivity contribution in [3.63, 3.8) is 0 Å². The SMILES string of the molecule is Cc1noc(C)c1CC(=O)Nc1ccc(C(=O)Nc2nccs2)cc1. The highest BCUT2D eigenvalue weighted by molar-refractivity contribution is 7.13. The molecule has 2 aromatic heterocycles. The molecular formula is C17H16N4O3S. The van der Waals surface area contributed by atoms with Gasteiger partial charge in [-0.1, -0.05) is 5.16 Å². The number of hydrogen-bond acceptors (Lipinski definition) is 6. The van der Waals surface area contributed by atoms with E-state index in [1.165, 1.54) is 11.3 Å². The quantitative estimate of drug-likeness (QED) is 0.732. The second-order valence-electron chi connectivity index (χ2n) is 5.40. The minimum atomic E-state index is -0.247. The molecule has 3 rings (SSSR count). The summed E-state index contributed by atoms with van der Waals surface area (Å²) >= 11 is 1.35. The third-order valence-electron chi connectivity index (χ3n) is 3.60. The van der Waals surface area contributed by atoms with Crippen LogP contribution in [0.4, 0.5) is 10.8 Å². The minimum Gasteiger partial charge on any atom is -0.361 e. The summed E-state index contributed by atoms with van der Waals surface area (Å²) in [6, 6.07) is 6.66. The summed E-state index contributed by atoms with van der Waals surface area (Å²) in [6.45, 7) is 3.58. The summed E-state index contributed by atoms with van der Waals surface area (Å²) in [4.78, 5) is 28.2. The predicted molar refractivity (Wildman–Crippen MR) is 94.8 cm³/mol. The van der Waals surface area contributed by atoms with Crippen molar-refractivity contribution in [1.82, 2.24) is 10.1 Å². The molecule has 0 fully saturated rings. The highest BCUT2D eigenvalue weighted by atomic mass is 32.1. The summed E-state index contributed by atoms with van der Waals surface area (Å²) in [6.07, 6.45) is 1.81. The fraction of sp³-hybridized carbons (Fsp3) is 0.176. The lowest BCUT2D eigenvalue weighted by Crippen LogP contribution is -2.16. The van der Waals surface area contributed by atoms with Crippen molar-refractivity contribution < 1.29 is 14.1 Å². The summed E-state index contributed by atoms with van der Waals surface area (Å²) in [7, 11) is 0. The molecule has 0 atom stereocenters. The molecule has 0 aliphatic carbocycles. The number of aryl methyl sites for hydroxylation is 2. The molecule has 128 valence electrons. The number of benzene rings is 1. The van der Waals surface area contributed by atoms with E-state index in [2.05, 4.69) is 20.8 Å². The molecule has 8 heteroatoms. The number of anilines is 2. The van der Waals surface area contributed by atoms with Gasteiger partial charge < -0.3 is 9.84 Å². The van der Waals surface area contributed by atoms with Gasteiger partial charge in [0.25, 0.3) is 5.91 Å². The Bertz CT molecular complexity index is 866. The average molecular weight is 356 g/mol. The fourth-order valence-corrected chi connectivity index (χ4v) is 2.80. The van der Waals surface area contributed by atoms with Gasteiger partial charge in [0.1, 0.15) is 5.76 Å². The average Bonchev–Trinajstić information content (AvgIpc) is 3.20. The molecule has 0 radical (unpaired) electrons. The predicted octanol–water partition coefficient (Wildman–Crippen LogP) is 3.18. The zero-order chi connectivity index (χ0) is 17.8. The first-order valence-corrected chi connectivity index (χ1v) is 8.43. The van der Waals surface area contributed by atoms with Gasteiger partial charge in [0.15, 0.2) is 5.13 Å². The Morgan fingerprint density at radius 2 is 1.92 bits per heavy atom. The van der Waals surface area contributed by atoms with Crippen molar-refractivity contribution in [2.24, 2.45) is 0 Å². The van der Waals surface area contributed by atoms with Crippen LogP contribution < -0.4 is 10.6 Å². The molecule has 1 aromatic carbocycles. The van der Waals surface area contributed by atoms with Crippen LogP contribution in [-0.2, 0) is 11.2 Å². The van der Waals surface area contributed by atoms with Gasteiger partial charge in [0.05, 0.1) is 12.1 Å². The first-order chi connectivity index (χ1) is 12.0. The molecule has 7 nitrogen and oxygen atoms in total. The van der Waals surface area contributed by atoms with Gasteiger partial charge in [-0.2, -0.15) is 0 Å². The van der Waals surface area contributed by atoms with Crippen molar-refractivity contribution in [3.8, 4) is 0 Å². The van der Waals surface area contributed by atoms with Crippen molar-refractivity contribution in [2.45, 2.75) is 20.3 Å². The molecule has 0 saturated heterocycles. The van der Waals surface area contributed by atoms with Crippen LogP contribution in [0, 0.1) is 13.8 Å². The van der Waals surface area contributed by atoms with E-state index in [1.54, 1.807) is 49.7 Å². The Balaban J connectivity index is 1.60. The highest BCUT2D eigenvalue weighted by Crippen LogP contribution is 2.16. The number of aromatic nitrogens is 2. The molecule has 2 heterocycles. The van der Waals surface area contributed by atoms with E-state index < -0.39 is 0 Å². The molecule has 2 N–H and O–H groups in total. The van der Waals surface area contributed by atoms with E-state index in [4.69, 9.17) is 4.52 Å². The number of thiazole rings is 1. The standard InChI is InChI=1S/C17H16N4O3S/c1-10-14(11(2)24-21-10)9-15(22)19-13-5-3-12(4-6-13)16(23)20-17-18-7-8-25-17/h3-8H,9H2,1-2H3,(H,19,22)(H,18,20,23). The molecular weight excluding hydrogens is 340 g/mol. The van der Waals surface area contributed by atoms with Crippen molar-refractivity contribution >= 4 is 34.0 Å². The zero-order valence-electron chi connectivity index (χ0n) is 13.7. The molecule has 0 aliphatic heterocycles. The second-order valence-corrected chi connectivity index (χ2v) is 6.29. The molecule has 0 unspecified atom stereocenters. The maximum absolute atomic E-state index is 12.1. The number of amides is 2. The van der Waals surface area contributed by atoms with Crippen LogP contribution in [0.3, 0.4) is 0 Å². The molecule has 2 amide bonds. The highest BCUT2D eigenvalue weighted by Gasteiger charge is 2.14. The smallest absolute Gasteiger partial charge is 0.257 e. The molecule has 0 bridgehead atoms. The van der Waals surface area contributed by atoms with E-state index in [0.717, 1.165) is 5.56 Å². The third kappa shape index (κ3) is 4.10. The Labute approximate surface area is 148 Å². The fourth-order valence-electron chi connectivity index (χ4n) is 2.28. The van der Waals surface area contributed by atoms with Crippen LogP contribution in [0.1, 0.15) is 27.4 Å². The summed E-state index contributed by atoms with van der Waals surface area (Å²) in [5, 5.41) is 11.7. The van der Waals surface area contributed by atoms with Crippen molar-refractivity contribution in [3.05, 3.63) is 58.4 Å². The lowest BCUT2D eigenvalue weighted by Gasteiger charge is -2.06. The van der Waals surface area contributed by atoms with E-state index >= 15 is 0 Å².